The summed E-state index contributed by atoms with van der Waals surface area (Å²) in [4.78, 5) is 29.6. The van der Waals surface area contributed by atoms with Gasteiger partial charge in [0, 0.05) is 11.9 Å². The summed E-state index contributed by atoms with van der Waals surface area (Å²) in [6.07, 6.45) is 1.72. The van der Waals surface area contributed by atoms with E-state index in [2.05, 4.69) is 4.98 Å². The van der Waals surface area contributed by atoms with Crippen molar-refractivity contribution in [2.75, 3.05) is 13.7 Å². The van der Waals surface area contributed by atoms with E-state index < -0.39 is 6.04 Å². The smallest absolute Gasteiger partial charge is 0.328 e. The van der Waals surface area contributed by atoms with Crippen molar-refractivity contribution in [1.82, 2.24) is 9.88 Å². The molecule has 1 aromatic heterocycles. The molecule has 1 amide bonds. The number of thiazole rings is 1. The maximum Gasteiger partial charge on any atom is 0.328 e. The number of esters is 1. The Balaban J connectivity index is 2.00. The molecule has 0 N–H and O–H groups in total. The highest BCUT2D eigenvalue weighted by atomic mass is 35.5. The Hall–Kier alpha value is -1.14. The molecule has 2 rings (SSSR count). The SMILES string of the molecule is COC(=O)C1CCCN1C(=O)Cc1nc(CCl)cs1. The fourth-order valence-electron chi connectivity index (χ4n) is 2.17. The van der Waals surface area contributed by atoms with E-state index in [-0.39, 0.29) is 18.3 Å². The standard InChI is InChI=1S/C12H15ClN2O3S/c1-18-12(17)9-3-2-4-15(9)11(16)5-10-14-8(6-13)7-19-10/h7,9H,2-6H2,1H3. The number of carbonyl (C=O) groups excluding carboxylic acids is 2. The maximum absolute atomic E-state index is 12.2. The van der Waals surface area contributed by atoms with Crippen LogP contribution in [0.2, 0.25) is 0 Å². The second-order valence-electron chi connectivity index (χ2n) is 4.31. The van der Waals surface area contributed by atoms with Crippen LogP contribution in [0.5, 0.6) is 0 Å². The summed E-state index contributed by atoms with van der Waals surface area (Å²) in [5, 5.41) is 2.58. The van der Waals surface area contributed by atoms with Gasteiger partial charge in [0.05, 0.1) is 25.1 Å². The number of nitrogens with zero attached hydrogens (tertiary/aromatic N) is 2. The molecule has 0 aromatic carbocycles. The molecule has 1 fully saturated rings. The molecule has 1 aliphatic heterocycles. The van der Waals surface area contributed by atoms with Gasteiger partial charge in [-0.25, -0.2) is 9.78 Å². The van der Waals surface area contributed by atoms with E-state index in [4.69, 9.17) is 16.3 Å². The molecule has 1 aromatic rings. The Labute approximate surface area is 120 Å². The van der Waals surface area contributed by atoms with Crippen molar-refractivity contribution in [3.8, 4) is 0 Å². The predicted molar refractivity (Wildman–Crippen MR) is 72.1 cm³/mol. The lowest BCUT2D eigenvalue weighted by Crippen LogP contribution is -2.41. The van der Waals surface area contributed by atoms with Crippen LogP contribution in [0.4, 0.5) is 0 Å². The van der Waals surface area contributed by atoms with Gasteiger partial charge in [-0.2, -0.15) is 0 Å². The first kappa shape index (κ1) is 14.3. The molecule has 2 heterocycles. The normalized spacial score (nSPS) is 18.6. The molecule has 1 atom stereocenters. The van der Waals surface area contributed by atoms with Gasteiger partial charge < -0.3 is 9.64 Å². The molecule has 0 bridgehead atoms. The fourth-order valence-corrected chi connectivity index (χ4v) is 3.18. The Morgan fingerprint density at radius 1 is 1.63 bits per heavy atom. The Kier molecular flexibility index (Phi) is 4.76. The number of alkyl halides is 1. The molecule has 1 unspecified atom stereocenters. The number of methoxy groups -OCH3 is 1. The van der Waals surface area contributed by atoms with Gasteiger partial charge >= 0.3 is 5.97 Å². The van der Waals surface area contributed by atoms with Crippen LogP contribution in [0.1, 0.15) is 23.5 Å². The summed E-state index contributed by atoms with van der Waals surface area (Å²) < 4.78 is 4.72. The largest absolute Gasteiger partial charge is 0.467 e. The molecule has 5 nitrogen and oxygen atoms in total. The minimum absolute atomic E-state index is 0.0802. The number of carbonyl (C=O) groups is 2. The first-order chi connectivity index (χ1) is 9.15. The van der Waals surface area contributed by atoms with Crippen molar-refractivity contribution >= 4 is 34.8 Å². The quantitative estimate of drug-likeness (QED) is 0.626. The van der Waals surface area contributed by atoms with Crippen LogP contribution in [0.25, 0.3) is 0 Å². The zero-order chi connectivity index (χ0) is 13.8. The molecule has 1 aliphatic rings. The molecule has 0 saturated carbocycles. The van der Waals surface area contributed by atoms with E-state index in [1.165, 1.54) is 18.4 Å². The highest BCUT2D eigenvalue weighted by Gasteiger charge is 2.34. The van der Waals surface area contributed by atoms with Crippen LogP contribution in [0.3, 0.4) is 0 Å². The Morgan fingerprint density at radius 2 is 2.42 bits per heavy atom. The van der Waals surface area contributed by atoms with E-state index in [0.29, 0.717) is 18.8 Å². The number of likely N-dealkylation sites (tertiary alicyclic amines) is 1. The average Bonchev–Trinajstić information content (AvgIpc) is 3.06. The predicted octanol–water partition coefficient (Wildman–Crippen LogP) is 1.59. The molecule has 1 saturated heterocycles. The second-order valence-corrected chi connectivity index (χ2v) is 5.52. The van der Waals surface area contributed by atoms with E-state index in [9.17, 15) is 9.59 Å². The molecule has 7 heteroatoms. The van der Waals surface area contributed by atoms with E-state index in [0.717, 1.165) is 17.1 Å². The van der Waals surface area contributed by atoms with Crippen molar-refractivity contribution in [2.24, 2.45) is 0 Å². The molecular weight excluding hydrogens is 288 g/mol. The van der Waals surface area contributed by atoms with Gasteiger partial charge in [0.2, 0.25) is 5.91 Å². The molecule has 0 spiro atoms. The van der Waals surface area contributed by atoms with Crippen LogP contribution in [0.15, 0.2) is 5.38 Å². The lowest BCUT2D eigenvalue weighted by atomic mass is 10.2. The van der Waals surface area contributed by atoms with Crippen LogP contribution in [-0.4, -0.2) is 41.5 Å². The lowest BCUT2D eigenvalue weighted by Gasteiger charge is -2.22. The van der Waals surface area contributed by atoms with Crippen LogP contribution >= 0.6 is 22.9 Å². The van der Waals surface area contributed by atoms with Crippen molar-refractivity contribution in [3.63, 3.8) is 0 Å². The first-order valence-electron chi connectivity index (χ1n) is 6.02. The zero-order valence-corrected chi connectivity index (χ0v) is 12.2. The zero-order valence-electron chi connectivity index (χ0n) is 10.6. The third-order valence-corrected chi connectivity index (χ3v) is 4.26. The summed E-state index contributed by atoms with van der Waals surface area (Å²) in [5.74, 6) is -0.0751. The summed E-state index contributed by atoms with van der Waals surface area (Å²) in [6, 6.07) is -0.440. The third-order valence-electron chi connectivity index (χ3n) is 3.09. The Morgan fingerprint density at radius 3 is 3.05 bits per heavy atom. The third kappa shape index (κ3) is 3.25. The monoisotopic (exact) mass is 302 g/mol. The van der Waals surface area contributed by atoms with Gasteiger partial charge in [-0.3, -0.25) is 4.79 Å². The van der Waals surface area contributed by atoms with Crippen molar-refractivity contribution < 1.29 is 14.3 Å². The van der Waals surface area contributed by atoms with Gasteiger partial charge in [0.25, 0.3) is 0 Å². The van der Waals surface area contributed by atoms with E-state index in [1.54, 1.807) is 4.90 Å². The highest BCUT2D eigenvalue weighted by Crippen LogP contribution is 2.21. The van der Waals surface area contributed by atoms with Crippen molar-refractivity contribution in [3.05, 3.63) is 16.1 Å². The average molecular weight is 303 g/mol. The van der Waals surface area contributed by atoms with Crippen molar-refractivity contribution in [2.45, 2.75) is 31.2 Å². The maximum atomic E-state index is 12.2. The molecule has 104 valence electrons. The van der Waals surface area contributed by atoms with Gasteiger partial charge in [0.15, 0.2) is 0 Å². The molecular formula is C12H15ClN2O3S. The number of amides is 1. The number of ether oxygens (including phenoxy) is 1. The minimum Gasteiger partial charge on any atom is -0.467 e. The molecule has 19 heavy (non-hydrogen) atoms. The van der Waals surface area contributed by atoms with Crippen LogP contribution in [0, 0.1) is 0 Å². The summed E-state index contributed by atoms with van der Waals surface area (Å²) in [5.41, 5.74) is 0.778. The van der Waals surface area contributed by atoms with Gasteiger partial charge in [-0.05, 0) is 12.8 Å². The number of aromatic nitrogens is 1. The van der Waals surface area contributed by atoms with E-state index >= 15 is 0 Å². The van der Waals surface area contributed by atoms with Crippen molar-refractivity contribution in [1.29, 1.82) is 0 Å². The van der Waals surface area contributed by atoms with Gasteiger partial charge in [-0.1, -0.05) is 0 Å². The number of hydrogen-bond acceptors (Lipinski definition) is 5. The summed E-state index contributed by atoms with van der Waals surface area (Å²) in [7, 11) is 1.34. The summed E-state index contributed by atoms with van der Waals surface area (Å²) >= 11 is 7.09. The highest BCUT2D eigenvalue weighted by molar-refractivity contribution is 7.09. The second kappa shape index (κ2) is 6.34. The van der Waals surface area contributed by atoms with E-state index in [1.807, 2.05) is 5.38 Å². The fraction of sp³-hybridized carbons (Fsp3) is 0.583. The molecule has 0 aliphatic carbocycles. The van der Waals surface area contributed by atoms with Gasteiger partial charge in [0.1, 0.15) is 11.0 Å². The lowest BCUT2D eigenvalue weighted by molar-refractivity contribution is -0.150. The summed E-state index contributed by atoms with van der Waals surface area (Å²) in [6.45, 7) is 0.604. The Bertz CT molecular complexity index is 477. The number of halogens is 1. The van der Waals surface area contributed by atoms with Crippen LogP contribution < -0.4 is 0 Å². The number of rotatable bonds is 4. The van der Waals surface area contributed by atoms with Crippen LogP contribution in [-0.2, 0) is 26.6 Å². The first-order valence-corrected chi connectivity index (χ1v) is 7.43. The molecule has 0 radical (unpaired) electrons. The topological polar surface area (TPSA) is 59.5 Å². The van der Waals surface area contributed by atoms with Gasteiger partial charge in [-0.15, -0.1) is 22.9 Å². The minimum atomic E-state index is -0.440. The number of hydrogen-bond donors (Lipinski definition) is 0.